The van der Waals surface area contributed by atoms with Gasteiger partial charge < -0.3 is 5.73 Å². The predicted octanol–water partition coefficient (Wildman–Crippen LogP) is 1.79. The van der Waals surface area contributed by atoms with Crippen molar-refractivity contribution in [3.05, 3.63) is 0 Å². The van der Waals surface area contributed by atoms with Crippen LogP contribution in [-0.4, -0.2) is 5.91 Å². The van der Waals surface area contributed by atoms with Crippen LogP contribution in [-0.2, 0) is 4.79 Å². The Bertz CT molecular complexity index is 242. The molecule has 0 spiro atoms. The Hall–Kier alpha value is -0.530. The highest BCUT2D eigenvalue weighted by Crippen LogP contribution is 2.61. The van der Waals surface area contributed by atoms with Gasteiger partial charge in [-0.1, -0.05) is 20.8 Å². The van der Waals surface area contributed by atoms with Gasteiger partial charge in [-0.3, -0.25) is 4.79 Å². The zero-order chi connectivity index (χ0) is 9.80. The second-order valence-electron chi connectivity index (χ2n) is 5.45. The summed E-state index contributed by atoms with van der Waals surface area (Å²) in [5.41, 5.74) is 5.82. The lowest BCUT2D eigenvalue weighted by atomic mass is 9.66. The van der Waals surface area contributed by atoms with Crippen molar-refractivity contribution in [2.75, 3.05) is 0 Å². The van der Waals surface area contributed by atoms with E-state index in [4.69, 9.17) is 5.73 Å². The first-order valence-electron chi connectivity index (χ1n) is 5.24. The van der Waals surface area contributed by atoms with Crippen LogP contribution >= 0.6 is 0 Å². The van der Waals surface area contributed by atoms with Gasteiger partial charge >= 0.3 is 0 Å². The first kappa shape index (κ1) is 9.04. The molecule has 2 saturated carbocycles. The molecule has 0 heterocycles. The van der Waals surface area contributed by atoms with Gasteiger partial charge in [-0.05, 0) is 36.0 Å². The van der Waals surface area contributed by atoms with Gasteiger partial charge in [0, 0.05) is 5.92 Å². The summed E-state index contributed by atoms with van der Waals surface area (Å²) in [4.78, 5) is 11.2. The van der Waals surface area contributed by atoms with Crippen LogP contribution in [0.2, 0.25) is 0 Å². The third kappa shape index (κ3) is 1.04. The number of hydrogen-bond donors (Lipinski definition) is 1. The van der Waals surface area contributed by atoms with E-state index in [9.17, 15) is 4.79 Å². The normalized spacial score (nSPS) is 46.7. The highest BCUT2D eigenvalue weighted by atomic mass is 16.1. The van der Waals surface area contributed by atoms with Crippen LogP contribution in [0.1, 0.15) is 33.6 Å². The molecule has 0 aliphatic heterocycles. The van der Waals surface area contributed by atoms with Crippen LogP contribution in [0, 0.1) is 29.1 Å². The van der Waals surface area contributed by atoms with E-state index in [-0.39, 0.29) is 11.8 Å². The molecule has 2 heteroatoms. The molecule has 2 aliphatic carbocycles. The average Bonchev–Trinajstić information content (AvgIpc) is 2.52. The van der Waals surface area contributed by atoms with Crippen LogP contribution in [0.25, 0.3) is 0 Å². The van der Waals surface area contributed by atoms with E-state index in [1.165, 1.54) is 6.42 Å². The van der Waals surface area contributed by atoms with Crippen LogP contribution < -0.4 is 5.73 Å². The van der Waals surface area contributed by atoms with Gasteiger partial charge in [0.05, 0.1) is 0 Å². The molecule has 2 rings (SSSR count). The second-order valence-corrected chi connectivity index (χ2v) is 5.45. The molecule has 1 amide bonds. The van der Waals surface area contributed by atoms with Gasteiger partial charge in [-0.25, -0.2) is 0 Å². The first-order chi connectivity index (χ1) is 5.94. The smallest absolute Gasteiger partial charge is 0.220 e. The monoisotopic (exact) mass is 181 g/mol. The van der Waals surface area contributed by atoms with Crippen molar-refractivity contribution < 1.29 is 4.79 Å². The standard InChI is InChI=1S/C11H19NO/c1-6-8-4-7(11(6,2)3)5-9(8)10(12)13/h6-9H,4-5H2,1-3H3,(H2,12,13)/t6-,7+,8+,9-/m1/s1. The number of carbonyl (C=O) groups is 1. The molecule has 74 valence electrons. The van der Waals surface area contributed by atoms with Crippen LogP contribution in [0.4, 0.5) is 0 Å². The minimum atomic E-state index is -0.0742. The maximum absolute atomic E-state index is 11.2. The van der Waals surface area contributed by atoms with Crippen molar-refractivity contribution in [1.82, 2.24) is 0 Å². The Balaban J connectivity index is 2.22. The first-order valence-corrected chi connectivity index (χ1v) is 5.24. The Labute approximate surface area is 79.9 Å². The van der Waals surface area contributed by atoms with Gasteiger partial charge in [0.1, 0.15) is 0 Å². The lowest BCUT2D eigenvalue weighted by Crippen LogP contribution is -2.38. The van der Waals surface area contributed by atoms with E-state index in [1.807, 2.05) is 0 Å². The van der Waals surface area contributed by atoms with Gasteiger partial charge in [0.25, 0.3) is 0 Å². The summed E-state index contributed by atoms with van der Waals surface area (Å²) < 4.78 is 0. The Kier molecular flexibility index (Phi) is 1.73. The summed E-state index contributed by atoms with van der Waals surface area (Å²) >= 11 is 0. The molecule has 13 heavy (non-hydrogen) atoms. The molecule has 0 aromatic rings. The number of nitrogens with two attached hydrogens (primary N) is 1. The maximum atomic E-state index is 11.2. The zero-order valence-corrected chi connectivity index (χ0v) is 8.71. The number of fused-ring (bicyclic) bond motifs is 2. The Morgan fingerprint density at radius 2 is 2.00 bits per heavy atom. The molecule has 0 unspecified atom stereocenters. The number of carbonyl (C=O) groups excluding carboxylic acids is 1. The Morgan fingerprint density at radius 3 is 2.38 bits per heavy atom. The lowest BCUT2D eigenvalue weighted by molar-refractivity contribution is -0.124. The summed E-state index contributed by atoms with van der Waals surface area (Å²) in [6.07, 6.45) is 2.26. The van der Waals surface area contributed by atoms with E-state index in [0.717, 1.165) is 12.3 Å². The third-order valence-corrected chi connectivity index (χ3v) is 4.85. The largest absolute Gasteiger partial charge is 0.369 e. The van der Waals surface area contributed by atoms with Gasteiger partial charge in [0.15, 0.2) is 0 Å². The summed E-state index contributed by atoms with van der Waals surface area (Å²) in [7, 11) is 0. The Morgan fingerprint density at radius 1 is 1.38 bits per heavy atom. The van der Waals surface area contributed by atoms with Crippen molar-refractivity contribution in [2.45, 2.75) is 33.6 Å². The molecule has 4 atom stereocenters. The molecule has 0 aromatic carbocycles. The fourth-order valence-electron chi connectivity index (χ4n) is 3.48. The fourth-order valence-corrected chi connectivity index (χ4v) is 3.48. The third-order valence-electron chi connectivity index (χ3n) is 4.85. The van der Waals surface area contributed by atoms with Gasteiger partial charge in [0.2, 0.25) is 5.91 Å². The number of amides is 1. The molecule has 2 N–H and O–H groups in total. The van der Waals surface area contributed by atoms with Crippen molar-refractivity contribution in [2.24, 2.45) is 34.8 Å². The van der Waals surface area contributed by atoms with E-state index >= 15 is 0 Å². The molecule has 2 aliphatic rings. The quantitative estimate of drug-likeness (QED) is 0.658. The molecule has 2 nitrogen and oxygen atoms in total. The molecule has 2 fully saturated rings. The predicted molar refractivity (Wildman–Crippen MR) is 51.8 cm³/mol. The number of primary amides is 1. The van der Waals surface area contributed by atoms with Gasteiger partial charge in [-0.15, -0.1) is 0 Å². The molecular weight excluding hydrogens is 162 g/mol. The highest BCUT2D eigenvalue weighted by Gasteiger charge is 2.56. The fraction of sp³-hybridized carbons (Fsp3) is 0.909. The molecule has 0 aromatic heterocycles. The van der Waals surface area contributed by atoms with E-state index in [0.29, 0.717) is 17.3 Å². The highest BCUT2D eigenvalue weighted by molar-refractivity contribution is 5.77. The summed E-state index contributed by atoms with van der Waals surface area (Å²) in [5, 5.41) is 0. The molecule has 0 saturated heterocycles. The number of rotatable bonds is 1. The topological polar surface area (TPSA) is 43.1 Å². The summed E-state index contributed by atoms with van der Waals surface area (Å²) in [6, 6.07) is 0. The van der Waals surface area contributed by atoms with Crippen molar-refractivity contribution in [3.8, 4) is 0 Å². The van der Waals surface area contributed by atoms with Crippen molar-refractivity contribution >= 4 is 5.91 Å². The van der Waals surface area contributed by atoms with Crippen molar-refractivity contribution in [3.63, 3.8) is 0 Å². The van der Waals surface area contributed by atoms with E-state index < -0.39 is 0 Å². The van der Waals surface area contributed by atoms with Gasteiger partial charge in [-0.2, -0.15) is 0 Å². The number of hydrogen-bond acceptors (Lipinski definition) is 1. The van der Waals surface area contributed by atoms with Crippen LogP contribution in [0.3, 0.4) is 0 Å². The van der Waals surface area contributed by atoms with E-state index in [1.54, 1.807) is 0 Å². The molecule has 0 radical (unpaired) electrons. The lowest BCUT2D eigenvalue weighted by Gasteiger charge is -2.38. The molecule has 2 bridgehead atoms. The maximum Gasteiger partial charge on any atom is 0.220 e. The van der Waals surface area contributed by atoms with Crippen molar-refractivity contribution in [1.29, 1.82) is 0 Å². The average molecular weight is 181 g/mol. The van der Waals surface area contributed by atoms with Crippen LogP contribution in [0.5, 0.6) is 0 Å². The summed E-state index contributed by atoms with van der Waals surface area (Å²) in [5.74, 6) is 2.05. The minimum absolute atomic E-state index is 0.0742. The minimum Gasteiger partial charge on any atom is -0.369 e. The SMILES string of the molecule is C[C@@H]1[C@@H]2C[C@@H](C[C@H]2C(N)=O)C1(C)C. The van der Waals surface area contributed by atoms with Crippen LogP contribution in [0.15, 0.2) is 0 Å². The summed E-state index contributed by atoms with van der Waals surface area (Å²) in [6.45, 7) is 6.94. The second kappa shape index (κ2) is 2.49. The van der Waals surface area contributed by atoms with E-state index in [2.05, 4.69) is 20.8 Å². The molecular formula is C11H19NO. The zero-order valence-electron chi connectivity index (χ0n) is 8.71.